The van der Waals surface area contributed by atoms with Crippen molar-refractivity contribution in [2.75, 3.05) is 13.2 Å². The Kier molecular flexibility index (Phi) is 4.74. The lowest BCUT2D eigenvalue weighted by Gasteiger charge is -2.09. The number of nitrogens with one attached hydrogen (secondary N) is 2. The Morgan fingerprint density at radius 1 is 1.47 bits per heavy atom. The maximum absolute atomic E-state index is 10.7. The fraction of sp³-hybridized carbons (Fsp3) is 0.364. The minimum Gasteiger partial charge on any atom is -0.442 e. The number of hydrogen-bond donors (Lipinski definition) is 2. The van der Waals surface area contributed by atoms with Crippen molar-refractivity contribution in [3.63, 3.8) is 0 Å². The predicted octanol–water partition coefficient (Wildman–Crippen LogP) is 1.41. The molecule has 0 aliphatic carbocycles. The van der Waals surface area contributed by atoms with Gasteiger partial charge in [-0.3, -0.25) is 5.09 Å². The number of carbonyl (C=O) groups excluding carboxylic acids is 1. The normalized spacial score (nSPS) is 19.5. The quantitative estimate of drug-likeness (QED) is 0.595. The Morgan fingerprint density at radius 3 is 3.00 bits per heavy atom. The lowest BCUT2D eigenvalue weighted by Crippen LogP contribution is -2.19. The maximum Gasteiger partial charge on any atom is 0.407 e. The summed E-state index contributed by atoms with van der Waals surface area (Å²) in [6, 6.07) is 10.1. The minimum absolute atomic E-state index is 0.159. The molecule has 1 aromatic carbocycles. The van der Waals surface area contributed by atoms with Crippen molar-refractivity contribution in [2.45, 2.75) is 12.6 Å². The molecule has 1 amide bonds. The highest BCUT2D eigenvalue weighted by molar-refractivity contribution is 7.29. The predicted molar refractivity (Wildman–Crippen MR) is 65.8 cm³/mol. The molecule has 1 aliphatic heterocycles. The zero-order valence-corrected chi connectivity index (χ0v) is 10.3. The Hall–Kier alpha value is -1.16. The summed E-state index contributed by atoms with van der Waals surface area (Å²) >= 11 is 0. The zero-order valence-electron chi connectivity index (χ0n) is 9.31. The van der Waals surface area contributed by atoms with Gasteiger partial charge in [0.25, 0.3) is 0 Å². The van der Waals surface area contributed by atoms with Crippen LogP contribution in [-0.2, 0) is 15.8 Å². The lowest BCUT2D eigenvalue weighted by molar-refractivity contribution is 0.110. The largest absolute Gasteiger partial charge is 0.442 e. The van der Waals surface area contributed by atoms with Crippen molar-refractivity contribution in [3.05, 3.63) is 35.9 Å². The molecule has 2 N–H and O–H groups in total. The van der Waals surface area contributed by atoms with Gasteiger partial charge in [0.05, 0.1) is 22.1 Å². The van der Waals surface area contributed by atoms with Gasteiger partial charge in [-0.1, -0.05) is 30.3 Å². The first kappa shape index (κ1) is 12.3. The molecular formula is C11H15N2O3P. The molecule has 2 unspecified atom stereocenters. The Balaban J connectivity index is 1.53. The van der Waals surface area contributed by atoms with Crippen LogP contribution in [0.2, 0.25) is 0 Å². The average Bonchev–Trinajstić information content (AvgIpc) is 2.76. The highest BCUT2D eigenvalue weighted by Gasteiger charge is 2.22. The number of hydrogen-bond acceptors (Lipinski definition) is 4. The van der Waals surface area contributed by atoms with E-state index in [1.54, 1.807) is 0 Å². The molecule has 0 saturated carbocycles. The smallest absolute Gasteiger partial charge is 0.407 e. The standard InChI is InChI=1S/C11H15N2O3P/c14-11-12-7-10(16-11)8-15-17-13-6-9-4-2-1-3-5-9/h1-5,10,13,17H,6-8H2,(H,12,14). The van der Waals surface area contributed by atoms with Crippen LogP contribution in [0.3, 0.4) is 0 Å². The molecule has 0 aromatic heterocycles. The number of alkyl carbamates (subject to hydrolysis) is 1. The van der Waals surface area contributed by atoms with Gasteiger partial charge in [-0.15, -0.1) is 0 Å². The summed E-state index contributed by atoms with van der Waals surface area (Å²) in [6.45, 7) is 1.74. The van der Waals surface area contributed by atoms with E-state index in [4.69, 9.17) is 9.26 Å². The number of ether oxygens (including phenoxy) is 1. The molecule has 2 rings (SSSR count). The lowest BCUT2D eigenvalue weighted by atomic mass is 10.2. The molecular weight excluding hydrogens is 239 g/mol. The molecule has 1 aromatic rings. The van der Waals surface area contributed by atoms with Crippen LogP contribution in [0, 0.1) is 0 Å². The van der Waals surface area contributed by atoms with E-state index in [0.717, 1.165) is 6.54 Å². The molecule has 2 atom stereocenters. The fourth-order valence-corrected chi connectivity index (χ4v) is 2.09. The molecule has 1 saturated heterocycles. The van der Waals surface area contributed by atoms with Crippen molar-refractivity contribution >= 4 is 15.1 Å². The van der Waals surface area contributed by atoms with E-state index < -0.39 is 0 Å². The average molecular weight is 254 g/mol. The van der Waals surface area contributed by atoms with Gasteiger partial charge in [-0.25, -0.2) is 4.79 Å². The van der Waals surface area contributed by atoms with Crippen LogP contribution in [0.4, 0.5) is 4.79 Å². The second-order valence-corrected chi connectivity index (χ2v) is 4.51. The highest BCUT2D eigenvalue weighted by Crippen LogP contribution is 2.11. The van der Waals surface area contributed by atoms with Gasteiger partial charge in [-0.05, 0) is 5.56 Å². The van der Waals surface area contributed by atoms with Gasteiger partial charge in [0.1, 0.15) is 6.10 Å². The van der Waals surface area contributed by atoms with Crippen molar-refractivity contribution in [2.24, 2.45) is 0 Å². The number of rotatable bonds is 6. The molecule has 92 valence electrons. The Bertz CT molecular complexity index is 361. The van der Waals surface area contributed by atoms with Gasteiger partial charge in [-0.2, -0.15) is 0 Å². The van der Waals surface area contributed by atoms with Crippen LogP contribution in [0.25, 0.3) is 0 Å². The Morgan fingerprint density at radius 2 is 2.29 bits per heavy atom. The first-order valence-electron chi connectivity index (χ1n) is 5.42. The van der Waals surface area contributed by atoms with E-state index in [2.05, 4.69) is 22.5 Å². The number of amides is 1. The first-order valence-corrected chi connectivity index (χ1v) is 6.33. The topological polar surface area (TPSA) is 59.6 Å². The molecule has 17 heavy (non-hydrogen) atoms. The molecule has 6 heteroatoms. The molecule has 5 nitrogen and oxygen atoms in total. The number of benzene rings is 1. The summed E-state index contributed by atoms with van der Waals surface area (Å²) in [4.78, 5) is 10.7. The number of carbonyl (C=O) groups is 1. The summed E-state index contributed by atoms with van der Waals surface area (Å²) in [5.41, 5.74) is 1.22. The van der Waals surface area contributed by atoms with Crippen LogP contribution >= 0.6 is 8.96 Å². The van der Waals surface area contributed by atoms with Gasteiger partial charge < -0.3 is 14.6 Å². The summed E-state index contributed by atoms with van der Waals surface area (Å²) in [7, 11) is 0.207. The van der Waals surface area contributed by atoms with Crippen molar-refractivity contribution in [1.82, 2.24) is 10.4 Å². The Labute approximate surface area is 102 Å². The first-order chi connectivity index (χ1) is 8.34. The molecule has 1 heterocycles. The van der Waals surface area contributed by atoms with Crippen molar-refractivity contribution in [1.29, 1.82) is 0 Å². The molecule has 1 fully saturated rings. The maximum atomic E-state index is 10.7. The van der Waals surface area contributed by atoms with Gasteiger partial charge >= 0.3 is 6.09 Å². The number of cyclic esters (lactones) is 1. The minimum atomic E-state index is -0.362. The SMILES string of the molecule is O=C1NCC(COPNCc2ccccc2)O1. The summed E-state index contributed by atoms with van der Waals surface area (Å²) in [6.07, 6.45) is -0.521. The van der Waals surface area contributed by atoms with Crippen molar-refractivity contribution in [3.8, 4) is 0 Å². The van der Waals surface area contributed by atoms with Crippen LogP contribution in [-0.4, -0.2) is 25.3 Å². The van der Waals surface area contributed by atoms with Crippen LogP contribution in [0.5, 0.6) is 0 Å². The zero-order chi connectivity index (χ0) is 11.9. The monoisotopic (exact) mass is 254 g/mol. The third-order valence-electron chi connectivity index (χ3n) is 2.30. The highest BCUT2D eigenvalue weighted by atomic mass is 31.1. The van der Waals surface area contributed by atoms with Crippen LogP contribution < -0.4 is 10.4 Å². The second kappa shape index (κ2) is 6.55. The van der Waals surface area contributed by atoms with E-state index in [1.165, 1.54) is 5.56 Å². The van der Waals surface area contributed by atoms with Crippen LogP contribution in [0.15, 0.2) is 30.3 Å². The molecule has 1 aliphatic rings. The van der Waals surface area contributed by atoms with E-state index in [9.17, 15) is 4.79 Å². The van der Waals surface area contributed by atoms with Crippen molar-refractivity contribution < 1.29 is 14.1 Å². The van der Waals surface area contributed by atoms with E-state index in [1.807, 2.05) is 18.2 Å². The summed E-state index contributed by atoms with van der Waals surface area (Å²) < 4.78 is 10.3. The third-order valence-corrected chi connectivity index (χ3v) is 2.93. The van der Waals surface area contributed by atoms with Gasteiger partial charge in [0.15, 0.2) is 0 Å². The van der Waals surface area contributed by atoms with E-state index >= 15 is 0 Å². The van der Waals surface area contributed by atoms with E-state index in [-0.39, 0.29) is 21.2 Å². The summed E-state index contributed by atoms with van der Waals surface area (Å²) in [5, 5.41) is 5.76. The van der Waals surface area contributed by atoms with E-state index in [0.29, 0.717) is 13.2 Å². The fourth-order valence-electron chi connectivity index (χ4n) is 1.44. The molecule has 0 bridgehead atoms. The van der Waals surface area contributed by atoms with Gasteiger partial charge in [0.2, 0.25) is 0 Å². The molecule has 0 spiro atoms. The third kappa shape index (κ3) is 4.30. The summed E-state index contributed by atoms with van der Waals surface area (Å²) in [5.74, 6) is 0. The molecule has 0 radical (unpaired) electrons. The van der Waals surface area contributed by atoms with Gasteiger partial charge in [0, 0.05) is 6.54 Å². The second-order valence-electron chi connectivity index (χ2n) is 3.66. The van der Waals surface area contributed by atoms with Crippen LogP contribution in [0.1, 0.15) is 5.56 Å².